The van der Waals surface area contributed by atoms with Crippen molar-refractivity contribution in [1.82, 2.24) is 14.3 Å². The zero-order valence-electron chi connectivity index (χ0n) is 14.2. The summed E-state index contributed by atoms with van der Waals surface area (Å²) in [5, 5.41) is 0.861. The molecule has 9 heteroatoms. The largest absolute Gasteiger partial charge is 0.353 e. The fourth-order valence-corrected chi connectivity index (χ4v) is 4.81. The molecule has 0 aliphatic carbocycles. The molecule has 0 N–H and O–H groups in total. The van der Waals surface area contributed by atoms with E-state index in [2.05, 4.69) is 9.97 Å². The van der Waals surface area contributed by atoms with E-state index in [1.165, 1.54) is 4.31 Å². The predicted molar refractivity (Wildman–Crippen MR) is 107 cm³/mol. The first-order valence-corrected chi connectivity index (χ1v) is 10.6. The molecule has 1 aliphatic heterocycles. The van der Waals surface area contributed by atoms with Crippen molar-refractivity contribution in [3.05, 3.63) is 58.7 Å². The van der Waals surface area contributed by atoms with Gasteiger partial charge in [-0.2, -0.15) is 4.31 Å². The van der Waals surface area contributed by atoms with E-state index in [9.17, 15) is 8.42 Å². The lowest BCUT2D eigenvalue weighted by molar-refractivity contribution is 0.384. The number of hydrogen-bond donors (Lipinski definition) is 0. The van der Waals surface area contributed by atoms with Crippen LogP contribution in [0.25, 0.3) is 11.0 Å². The Morgan fingerprint density at radius 2 is 1.52 bits per heavy atom. The predicted octanol–water partition coefficient (Wildman–Crippen LogP) is 3.45. The van der Waals surface area contributed by atoms with Gasteiger partial charge in [-0.15, -0.1) is 0 Å². The van der Waals surface area contributed by atoms with Crippen LogP contribution in [0.5, 0.6) is 0 Å². The molecule has 140 valence electrons. The zero-order valence-corrected chi connectivity index (χ0v) is 16.5. The van der Waals surface area contributed by atoms with Crippen molar-refractivity contribution in [2.24, 2.45) is 0 Å². The van der Waals surface area contributed by atoms with Gasteiger partial charge >= 0.3 is 0 Å². The molecule has 6 nitrogen and oxygen atoms in total. The summed E-state index contributed by atoms with van der Waals surface area (Å²) in [7, 11) is -3.47. The van der Waals surface area contributed by atoms with Gasteiger partial charge in [-0.25, -0.2) is 13.4 Å². The number of rotatable bonds is 3. The molecule has 1 saturated heterocycles. The second-order valence-electron chi connectivity index (χ2n) is 6.19. The Bertz CT molecular complexity index is 1090. The number of piperazine rings is 1. The number of hydrogen-bond acceptors (Lipinski definition) is 5. The third-order valence-corrected chi connectivity index (χ3v) is 7.15. The normalized spacial score (nSPS) is 16.0. The van der Waals surface area contributed by atoms with Crippen LogP contribution in [0.4, 0.5) is 5.82 Å². The monoisotopic (exact) mass is 422 g/mol. The Morgan fingerprint density at radius 3 is 2.19 bits per heavy atom. The van der Waals surface area contributed by atoms with E-state index in [-0.39, 0.29) is 0 Å². The van der Waals surface area contributed by atoms with Crippen LogP contribution in [0.3, 0.4) is 0 Å². The highest BCUT2D eigenvalue weighted by Gasteiger charge is 2.28. The summed E-state index contributed by atoms with van der Waals surface area (Å²) < 4.78 is 27.0. The summed E-state index contributed by atoms with van der Waals surface area (Å²) >= 11 is 12.1. The minimum absolute atomic E-state index is 0.315. The number of nitrogens with zero attached hydrogens (tertiary/aromatic N) is 4. The van der Waals surface area contributed by atoms with Crippen molar-refractivity contribution in [1.29, 1.82) is 0 Å². The van der Waals surface area contributed by atoms with Gasteiger partial charge in [-0.05, 0) is 24.3 Å². The molecule has 1 aliphatic rings. The number of halogens is 2. The highest BCUT2D eigenvalue weighted by Crippen LogP contribution is 2.27. The molecular weight excluding hydrogens is 407 g/mol. The molecule has 2 heterocycles. The highest BCUT2D eigenvalue weighted by molar-refractivity contribution is 7.89. The lowest BCUT2D eigenvalue weighted by Crippen LogP contribution is -2.48. The smallest absolute Gasteiger partial charge is 0.243 e. The third kappa shape index (κ3) is 3.60. The number of sulfonamides is 1. The van der Waals surface area contributed by atoms with Crippen molar-refractivity contribution in [3.63, 3.8) is 0 Å². The van der Waals surface area contributed by atoms with Crippen molar-refractivity contribution >= 4 is 50.1 Å². The minimum atomic E-state index is -3.47. The Morgan fingerprint density at radius 1 is 0.889 bits per heavy atom. The van der Waals surface area contributed by atoms with Gasteiger partial charge in [-0.3, -0.25) is 4.98 Å². The second-order valence-corrected chi connectivity index (χ2v) is 8.94. The van der Waals surface area contributed by atoms with Crippen LogP contribution in [0.2, 0.25) is 10.0 Å². The van der Waals surface area contributed by atoms with Crippen molar-refractivity contribution in [3.8, 4) is 0 Å². The number of anilines is 1. The quantitative estimate of drug-likeness (QED) is 0.646. The summed E-state index contributed by atoms with van der Waals surface area (Å²) in [5.41, 5.74) is 1.32. The third-order valence-electron chi connectivity index (χ3n) is 4.52. The summed E-state index contributed by atoms with van der Waals surface area (Å²) in [6, 6.07) is 11.9. The molecule has 3 aromatic rings. The molecule has 2 aromatic carbocycles. The summed E-state index contributed by atoms with van der Waals surface area (Å²) in [6.07, 6.45) is 1.67. The van der Waals surface area contributed by atoms with E-state index in [1.54, 1.807) is 48.7 Å². The first-order chi connectivity index (χ1) is 12.9. The zero-order chi connectivity index (χ0) is 19.0. The van der Waals surface area contributed by atoms with Crippen molar-refractivity contribution < 1.29 is 8.42 Å². The van der Waals surface area contributed by atoms with Gasteiger partial charge in [-0.1, -0.05) is 41.4 Å². The van der Waals surface area contributed by atoms with Crippen LogP contribution >= 0.6 is 23.2 Å². The van der Waals surface area contributed by atoms with Crippen LogP contribution in [-0.2, 0) is 10.0 Å². The highest BCUT2D eigenvalue weighted by atomic mass is 35.5. The molecule has 0 saturated carbocycles. The van der Waals surface area contributed by atoms with Crippen LogP contribution in [0, 0.1) is 0 Å². The van der Waals surface area contributed by atoms with Gasteiger partial charge in [0.15, 0.2) is 0 Å². The average molecular weight is 423 g/mol. The maximum Gasteiger partial charge on any atom is 0.243 e. The Balaban J connectivity index is 1.52. The fourth-order valence-electron chi connectivity index (χ4n) is 3.05. The lowest BCUT2D eigenvalue weighted by atomic mass is 10.3. The molecule has 0 spiro atoms. The molecule has 0 atom stereocenters. The Kier molecular flexibility index (Phi) is 4.94. The van der Waals surface area contributed by atoms with Crippen molar-refractivity contribution in [2.45, 2.75) is 4.90 Å². The van der Waals surface area contributed by atoms with Crippen LogP contribution in [0.15, 0.2) is 53.6 Å². The molecule has 1 aromatic heterocycles. The molecule has 1 fully saturated rings. The summed E-state index contributed by atoms with van der Waals surface area (Å²) in [5.74, 6) is 0.692. The fraction of sp³-hybridized carbons (Fsp3) is 0.222. The molecule has 0 unspecified atom stereocenters. The SMILES string of the molecule is O=S(=O)(c1ccccc1)N1CCN(c2cnc3cc(Cl)c(Cl)cc3n2)CC1. The molecule has 4 rings (SSSR count). The van der Waals surface area contributed by atoms with Gasteiger partial charge in [0.2, 0.25) is 10.0 Å². The van der Waals surface area contributed by atoms with E-state index >= 15 is 0 Å². The maximum absolute atomic E-state index is 12.7. The Hall–Kier alpha value is -1.93. The number of benzene rings is 2. The molecular formula is C18H16Cl2N4O2S. The molecule has 27 heavy (non-hydrogen) atoms. The number of aromatic nitrogens is 2. The van der Waals surface area contributed by atoms with Crippen LogP contribution < -0.4 is 4.90 Å². The Labute approximate surface area is 167 Å². The van der Waals surface area contributed by atoms with Gasteiger partial charge in [0.1, 0.15) is 5.82 Å². The van der Waals surface area contributed by atoms with Crippen LogP contribution in [-0.4, -0.2) is 48.9 Å². The second kappa shape index (κ2) is 7.24. The lowest BCUT2D eigenvalue weighted by Gasteiger charge is -2.34. The summed E-state index contributed by atoms with van der Waals surface area (Å²) in [4.78, 5) is 11.3. The van der Waals surface area contributed by atoms with Crippen molar-refractivity contribution in [2.75, 3.05) is 31.1 Å². The van der Waals surface area contributed by atoms with Gasteiger partial charge < -0.3 is 4.90 Å². The van der Waals surface area contributed by atoms with E-state index in [4.69, 9.17) is 23.2 Å². The van der Waals surface area contributed by atoms with Gasteiger partial charge in [0.25, 0.3) is 0 Å². The first kappa shape index (κ1) is 18.4. The standard InChI is InChI=1S/C18H16Cl2N4O2S/c19-14-10-16-17(11-15(14)20)22-18(12-21-16)23-6-8-24(9-7-23)27(25,26)13-4-2-1-3-5-13/h1-5,10-12H,6-9H2. The number of fused-ring (bicyclic) bond motifs is 1. The molecule has 0 amide bonds. The summed E-state index contributed by atoms with van der Waals surface area (Å²) in [6.45, 7) is 1.85. The first-order valence-electron chi connectivity index (χ1n) is 8.37. The molecule has 0 bridgehead atoms. The van der Waals surface area contributed by atoms with Gasteiger partial charge in [0.05, 0.1) is 32.2 Å². The van der Waals surface area contributed by atoms with E-state index < -0.39 is 10.0 Å². The average Bonchev–Trinajstić information content (AvgIpc) is 2.69. The van der Waals surface area contributed by atoms with E-state index in [0.29, 0.717) is 58.0 Å². The van der Waals surface area contributed by atoms with E-state index in [0.717, 1.165) is 0 Å². The topological polar surface area (TPSA) is 66.4 Å². The minimum Gasteiger partial charge on any atom is -0.353 e. The van der Waals surface area contributed by atoms with Crippen LogP contribution in [0.1, 0.15) is 0 Å². The maximum atomic E-state index is 12.7. The van der Waals surface area contributed by atoms with Gasteiger partial charge in [0, 0.05) is 26.2 Å². The van der Waals surface area contributed by atoms with E-state index in [1.807, 2.05) is 4.90 Å². The molecule has 0 radical (unpaired) electrons.